The second-order valence-electron chi connectivity index (χ2n) is 7.02. The first-order valence-corrected chi connectivity index (χ1v) is 11.4. The first-order valence-electron chi connectivity index (χ1n) is 9.96. The van der Waals surface area contributed by atoms with E-state index in [1.54, 1.807) is 39.3 Å². The van der Waals surface area contributed by atoms with Crippen LogP contribution in [0.25, 0.3) is 0 Å². The minimum Gasteiger partial charge on any atom is -0.493 e. The van der Waals surface area contributed by atoms with Crippen LogP contribution in [0.5, 0.6) is 17.2 Å². The molecule has 170 valence electrons. The van der Waals surface area contributed by atoms with Crippen molar-refractivity contribution in [2.45, 2.75) is 38.1 Å². The Bertz CT molecular complexity index is 1010. The van der Waals surface area contributed by atoms with E-state index in [0.29, 0.717) is 35.8 Å². The molecule has 8 nitrogen and oxygen atoms in total. The smallest absolute Gasteiger partial charge is 0.258 e. The van der Waals surface area contributed by atoms with Gasteiger partial charge >= 0.3 is 0 Å². The number of methoxy groups -OCH3 is 2. The van der Waals surface area contributed by atoms with Gasteiger partial charge in [-0.15, -0.1) is 0 Å². The molecule has 0 bridgehead atoms. The molecule has 0 aromatic heterocycles. The summed E-state index contributed by atoms with van der Waals surface area (Å²) in [5.41, 5.74) is 1.48. The Labute approximate surface area is 184 Å². The lowest BCUT2D eigenvalue weighted by Gasteiger charge is -2.17. The van der Waals surface area contributed by atoms with Gasteiger partial charge in [-0.3, -0.25) is 4.79 Å². The highest BCUT2D eigenvalue weighted by molar-refractivity contribution is 7.89. The average molecular weight is 451 g/mol. The van der Waals surface area contributed by atoms with Crippen LogP contribution in [0.15, 0.2) is 41.3 Å². The van der Waals surface area contributed by atoms with E-state index in [1.807, 2.05) is 19.9 Å². The van der Waals surface area contributed by atoms with Crippen LogP contribution in [0.3, 0.4) is 0 Å². The molecule has 0 heterocycles. The van der Waals surface area contributed by atoms with E-state index in [4.69, 9.17) is 14.2 Å². The van der Waals surface area contributed by atoms with Gasteiger partial charge in [0.1, 0.15) is 5.75 Å². The lowest BCUT2D eigenvalue weighted by atomic mass is 10.1. The van der Waals surface area contributed by atoms with E-state index in [2.05, 4.69) is 10.0 Å². The number of carbonyl (C=O) groups is 1. The molecule has 0 radical (unpaired) electrons. The van der Waals surface area contributed by atoms with Gasteiger partial charge in [0.25, 0.3) is 5.91 Å². The third kappa shape index (κ3) is 6.60. The van der Waals surface area contributed by atoms with Gasteiger partial charge < -0.3 is 19.5 Å². The second-order valence-corrected chi connectivity index (χ2v) is 8.78. The summed E-state index contributed by atoms with van der Waals surface area (Å²) in [6.45, 7) is 5.66. The van der Waals surface area contributed by atoms with E-state index in [0.717, 1.165) is 5.56 Å². The van der Waals surface area contributed by atoms with E-state index >= 15 is 0 Å². The SMILES string of the molecule is CCCNS(=O)(=O)c1ccc(OCC(=O)NC(C)c2ccc(OC)c(OC)c2)c(C)c1. The molecule has 2 N–H and O–H groups in total. The van der Waals surface area contributed by atoms with Crippen molar-refractivity contribution in [3.63, 3.8) is 0 Å². The van der Waals surface area contributed by atoms with Gasteiger partial charge in [-0.2, -0.15) is 0 Å². The molecule has 1 amide bonds. The molecule has 2 aromatic carbocycles. The maximum Gasteiger partial charge on any atom is 0.258 e. The number of hydrogen-bond donors (Lipinski definition) is 2. The lowest BCUT2D eigenvalue weighted by molar-refractivity contribution is -0.123. The number of benzene rings is 2. The molecule has 0 aliphatic heterocycles. The zero-order chi connectivity index (χ0) is 23.0. The van der Waals surface area contributed by atoms with Crippen molar-refractivity contribution in [2.75, 3.05) is 27.4 Å². The van der Waals surface area contributed by atoms with Crippen LogP contribution in [0.1, 0.15) is 37.4 Å². The summed E-state index contributed by atoms with van der Waals surface area (Å²) >= 11 is 0. The Morgan fingerprint density at radius 3 is 2.32 bits per heavy atom. The Kier molecular flexibility index (Phi) is 8.70. The van der Waals surface area contributed by atoms with Crippen LogP contribution >= 0.6 is 0 Å². The average Bonchev–Trinajstić information content (AvgIpc) is 2.76. The molecule has 0 aliphatic carbocycles. The van der Waals surface area contributed by atoms with Gasteiger partial charge in [0, 0.05) is 6.54 Å². The van der Waals surface area contributed by atoms with E-state index in [9.17, 15) is 13.2 Å². The Balaban J connectivity index is 1.98. The van der Waals surface area contributed by atoms with Gasteiger partial charge in [0.05, 0.1) is 25.2 Å². The molecule has 1 unspecified atom stereocenters. The minimum absolute atomic E-state index is 0.164. The fraction of sp³-hybridized carbons (Fsp3) is 0.409. The number of sulfonamides is 1. The highest BCUT2D eigenvalue weighted by Crippen LogP contribution is 2.30. The summed E-state index contributed by atoms with van der Waals surface area (Å²) in [5.74, 6) is 1.33. The van der Waals surface area contributed by atoms with Gasteiger partial charge in [-0.25, -0.2) is 13.1 Å². The molecular weight excluding hydrogens is 420 g/mol. The number of rotatable bonds is 11. The Morgan fingerprint density at radius 2 is 1.71 bits per heavy atom. The topological polar surface area (TPSA) is 103 Å². The number of hydrogen-bond acceptors (Lipinski definition) is 6. The fourth-order valence-electron chi connectivity index (χ4n) is 2.90. The zero-order valence-electron chi connectivity index (χ0n) is 18.5. The maximum absolute atomic E-state index is 12.3. The van der Waals surface area contributed by atoms with Crippen LogP contribution in [-0.2, 0) is 14.8 Å². The van der Waals surface area contributed by atoms with E-state index in [-0.39, 0.29) is 23.5 Å². The van der Waals surface area contributed by atoms with Crippen molar-refractivity contribution in [2.24, 2.45) is 0 Å². The Hall–Kier alpha value is -2.78. The van der Waals surface area contributed by atoms with Crippen LogP contribution in [0.2, 0.25) is 0 Å². The molecule has 1 atom stereocenters. The molecular formula is C22H30N2O6S. The van der Waals surface area contributed by atoms with Crippen LogP contribution in [0.4, 0.5) is 0 Å². The molecule has 9 heteroatoms. The first kappa shape index (κ1) is 24.5. The number of aryl methyl sites for hydroxylation is 1. The zero-order valence-corrected chi connectivity index (χ0v) is 19.3. The summed E-state index contributed by atoms with van der Waals surface area (Å²) in [6, 6.07) is 9.71. The van der Waals surface area contributed by atoms with Crippen LogP contribution in [-0.4, -0.2) is 41.7 Å². The number of carbonyl (C=O) groups excluding carboxylic acids is 1. The van der Waals surface area contributed by atoms with E-state index < -0.39 is 10.0 Å². The largest absolute Gasteiger partial charge is 0.493 e. The normalized spacial score (nSPS) is 12.2. The summed E-state index contributed by atoms with van der Waals surface area (Å²) in [5, 5.41) is 2.87. The van der Waals surface area contributed by atoms with Gasteiger partial charge in [-0.1, -0.05) is 13.0 Å². The van der Waals surface area contributed by atoms with Crippen molar-refractivity contribution in [3.8, 4) is 17.2 Å². The van der Waals surface area contributed by atoms with Gasteiger partial charge in [-0.05, 0) is 61.7 Å². The summed E-state index contributed by atoms with van der Waals surface area (Å²) in [7, 11) is -0.440. The van der Waals surface area contributed by atoms with Crippen molar-refractivity contribution in [3.05, 3.63) is 47.5 Å². The fourth-order valence-corrected chi connectivity index (χ4v) is 4.12. The lowest BCUT2D eigenvalue weighted by Crippen LogP contribution is -2.31. The predicted molar refractivity (Wildman–Crippen MR) is 118 cm³/mol. The molecule has 31 heavy (non-hydrogen) atoms. The van der Waals surface area contributed by atoms with Crippen molar-refractivity contribution in [1.29, 1.82) is 0 Å². The highest BCUT2D eigenvalue weighted by Gasteiger charge is 2.16. The standard InChI is InChI=1S/C22H30N2O6S/c1-6-11-23-31(26,27)18-8-10-19(15(2)12-18)30-14-22(25)24-16(3)17-7-9-20(28-4)21(13-17)29-5/h7-10,12-13,16,23H,6,11,14H2,1-5H3,(H,24,25). The minimum atomic E-state index is -3.55. The highest BCUT2D eigenvalue weighted by atomic mass is 32.2. The molecule has 2 rings (SSSR count). The molecule has 0 saturated heterocycles. The van der Waals surface area contributed by atoms with Gasteiger partial charge in [0.15, 0.2) is 18.1 Å². The molecule has 2 aromatic rings. The predicted octanol–water partition coefficient (Wildman–Crippen LogP) is 2.96. The summed E-state index contributed by atoms with van der Waals surface area (Å²) in [4.78, 5) is 12.5. The third-order valence-electron chi connectivity index (χ3n) is 4.64. The quantitative estimate of drug-likeness (QED) is 0.546. The van der Waals surface area contributed by atoms with Crippen LogP contribution in [0, 0.1) is 6.92 Å². The maximum atomic E-state index is 12.3. The monoisotopic (exact) mass is 450 g/mol. The molecule has 0 fully saturated rings. The molecule has 0 spiro atoms. The van der Waals surface area contributed by atoms with Crippen molar-refractivity contribution in [1.82, 2.24) is 10.0 Å². The third-order valence-corrected chi connectivity index (χ3v) is 6.10. The van der Waals surface area contributed by atoms with Crippen molar-refractivity contribution >= 4 is 15.9 Å². The Morgan fingerprint density at radius 1 is 1.03 bits per heavy atom. The van der Waals surface area contributed by atoms with Gasteiger partial charge in [0.2, 0.25) is 10.0 Å². The molecule has 0 saturated carbocycles. The first-order chi connectivity index (χ1) is 14.7. The summed E-state index contributed by atoms with van der Waals surface area (Å²) < 4.78 is 43.1. The number of ether oxygens (including phenoxy) is 3. The molecule has 0 aliphatic rings. The number of amides is 1. The van der Waals surface area contributed by atoms with Crippen LogP contribution < -0.4 is 24.2 Å². The number of nitrogens with one attached hydrogen (secondary N) is 2. The second kappa shape index (κ2) is 11.0. The van der Waals surface area contributed by atoms with E-state index in [1.165, 1.54) is 12.1 Å². The van der Waals surface area contributed by atoms with Crippen molar-refractivity contribution < 1.29 is 27.4 Å². The summed E-state index contributed by atoms with van der Waals surface area (Å²) in [6.07, 6.45) is 0.705.